The number of hydrogen-bond acceptors (Lipinski definition) is 5. The van der Waals surface area contributed by atoms with Crippen LogP contribution in [0, 0.1) is 6.92 Å². The van der Waals surface area contributed by atoms with E-state index in [4.69, 9.17) is 9.72 Å². The molecule has 1 fully saturated rings. The number of hydrogen-bond donors (Lipinski definition) is 0. The van der Waals surface area contributed by atoms with Gasteiger partial charge < -0.3 is 4.74 Å². The van der Waals surface area contributed by atoms with Crippen LogP contribution in [0.25, 0.3) is 11.3 Å². The van der Waals surface area contributed by atoms with Crippen molar-refractivity contribution >= 4 is 10.0 Å². The van der Waals surface area contributed by atoms with Gasteiger partial charge in [-0.15, -0.1) is 0 Å². The summed E-state index contributed by atoms with van der Waals surface area (Å²) in [5, 5.41) is 4.22. The molecule has 164 valence electrons. The van der Waals surface area contributed by atoms with Gasteiger partial charge in [0.25, 0.3) is 0 Å². The molecule has 0 N–H and O–H groups in total. The summed E-state index contributed by atoms with van der Waals surface area (Å²) in [5.41, 5.74) is 3.43. The van der Waals surface area contributed by atoms with Crippen molar-refractivity contribution in [3.63, 3.8) is 0 Å². The molecule has 1 atom stereocenters. The Hall–Kier alpha value is -2.71. The third kappa shape index (κ3) is 4.22. The number of rotatable bonds is 6. The van der Waals surface area contributed by atoms with Crippen LogP contribution < -0.4 is 4.74 Å². The summed E-state index contributed by atoms with van der Waals surface area (Å²) < 4.78 is 35.3. The smallest absolute Gasteiger partial charge is 0.246 e. The number of benzene rings is 1. The summed E-state index contributed by atoms with van der Waals surface area (Å²) in [6.07, 6.45) is 3.18. The van der Waals surface area contributed by atoms with Gasteiger partial charge >= 0.3 is 0 Å². The molecule has 7 nitrogen and oxygen atoms in total. The molecule has 1 aromatic carbocycles. The molecule has 0 unspecified atom stereocenters. The van der Waals surface area contributed by atoms with E-state index < -0.39 is 10.0 Å². The van der Waals surface area contributed by atoms with Crippen molar-refractivity contribution in [2.45, 2.75) is 44.0 Å². The van der Waals surface area contributed by atoms with Gasteiger partial charge in [0, 0.05) is 36.8 Å². The second-order valence-electron chi connectivity index (χ2n) is 7.79. The van der Waals surface area contributed by atoms with Gasteiger partial charge in [0.2, 0.25) is 10.0 Å². The molecule has 0 radical (unpaired) electrons. The third-order valence-corrected chi connectivity index (χ3v) is 7.88. The average Bonchev–Trinajstić information content (AvgIpc) is 3.20. The van der Waals surface area contributed by atoms with E-state index in [1.807, 2.05) is 56.3 Å². The second-order valence-corrected chi connectivity index (χ2v) is 9.70. The van der Waals surface area contributed by atoms with Gasteiger partial charge in [-0.25, -0.2) is 8.42 Å². The number of piperidine rings is 1. The third-order valence-electron chi connectivity index (χ3n) is 5.91. The van der Waals surface area contributed by atoms with Crippen molar-refractivity contribution < 1.29 is 13.2 Å². The first kappa shape index (κ1) is 21.5. The molecule has 0 bridgehead atoms. The lowest BCUT2D eigenvalue weighted by molar-refractivity contribution is 0.312. The topological polar surface area (TPSA) is 77.3 Å². The van der Waals surface area contributed by atoms with Crippen molar-refractivity contribution in [2.75, 3.05) is 20.2 Å². The van der Waals surface area contributed by atoms with Gasteiger partial charge in [0.1, 0.15) is 10.6 Å². The second kappa shape index (κ2) is 8.80. The molecule has 0 saturated carbocycles. The lowest BCUT2D eigenvalue weighted by Gasteiger charge is -2.31. The van der Waals surface area contributed by atoms with E-state index in [9.17, 15) is 8.42 Å². The Morgan fingerprint density at radius 1 is 1.19 bits per heavy atom. The molecule has 3 heterocycles. The zero-order valence-electron chi connectivity index (χ0n) is 18.2. The molecule has 0 amide bonds. The number of sulfonamides is 1. The molecule has 31 heavy (non-hydrogen) atoms. The van der Waals surface area contributed by atoms with E-state index >= 15 is 0 Å². The summed E-state index contributed by atoms with van der Waals surface area (Å²) >= 11 is 0. The molecular formula is C23H28N4O3S. The number of methoxy groups -OCH3 is 1. The van der Waals surface area contributed by atoms with Crippen LogP contribution in [0.1, 0.15) is 37.1 Å². The Kier molecular flexibility index (Phi) is 6.11. The highest BCUT2D eigenvalue weighted by molar-refractivity contribution is 7.89. The number of pyridine rings is 1. The van der Waals surface area contributed by atoms with Crippen LogP contribution in [0.3, 0.4) is 0 Å². The summed E-state index contributed by atoms with van der Waals surface area (Å²) in [6.45, 7) is 5.35. The quantitative estimate of drug-likeness (QED) is 0.582. The van der Waals surface area contributed by atoms with E-state index in [2.05, 4.69) is 5.10 Å². The Morgan fingerprint density at radius 3 is 2.74 bits per heavy atom. The highest BCUT2D eigenvalue weighted by Gasteiger charge is 2.33. The Morgan fingerprint density at radius 2 is 2.00 bits per heavy atom. The largest absolute Gasteiger partial charge is 0.497 e. The minimum Gasteiger partial charge on any atom is -0.497 e. The van der Waals surface area contributed by atoms with E-state index in [0.29, 0.717) is 30.2 Å². The van der Waals surface area contributed by atoms with Crippen LogP contribution in [-0.2, 0) is 16.6 Å². The molecular weight excluding hydrogens is 412 g/mol. The maximum absolute atomic E-state index is 13.3. The zero-order chi connectivity index (χ0) is 22.0. The summed E-state index contributed by atoms with van der Waals surface area (Å²) in [6, 6.07) is 13.7. The lowest BCUT2D eigenvalue weighted by Crippen LogP contribution is -2.39. The number of nitrogens with zero attached hydrogens (tertiary/aromatic N) is 4. The number of ether oxygens (including phenoxy) is 1. The normalized spacial score (nSPS) is 17.6. The fraction of sp³-hybridized carbons (Fsp3) is 0.391. The predicted molar refractivity (Wildman–Crippen MR) is 120 cm³/mol. The molecule has 4 rings (SSSR count). The number of aromatic nitrogens is 3. The van der Waals surface area contributed by atoms with Gasteiger partial charge in [0.15, 0.2) is 0 Å². The standard InChI is InChI=1S/C23H28N4O3S/c1-4-27-17(2)23(15-24-27)31(28,29)26-13-7-9-19(16-26)22-12-6-11-21(25-22)18-8-5-10-20(14-18)30-3/h5-6,8,10-12,14-15,19H,4,7,9,13,16H2,1-3H3/t19-/m1/s1. The van der Waals surface area contributed by atoms with Gasteiger partial charge in [0.05, 0.1) is 24.7 Å². The molecule has 1 saturated heterocycles. The molecule has 1 aliphatic rings. The minimum absolute atomic E-state index is 0.0515. The van der Waals surface area contributed by atoms with E-state index in [-0.39, 0.29) is 5.92 Å². The first-order chi connectivity index (χ1) is 14.9. The van der Waals surface area contributed by atoms with Crippen LogP contribution in [-0.4, -0.2) is 47.7 Å². The first-order valence-electron chi connectivity index (χ1n) is 10.6. The molecule has 2 aromatic heterocycles. The van der Waals surface area contributed by atoms with Crippen LogP contribution in [0.2, 0.25) is 0 Å². The first-order valence-corrected chi connectivity index (χ1v) is 12.0. The van der Waals surface area contributed by atoms with Crippen molar-refractivity contribution in [1.82, 2.24) is 19.1 Å². The Labute approximate surface area is 183 Å². The average molecular weight is 441 g/mol. The summed E-state index contributed by atoms with van der Waals surface area (Å²) in [5.74, 6) is 0.832. The molecule has 3 aromatic rings. The van der Waals surface area contributed by atoms with Crippen LogP contribution >= 0.6 is 0 Å². The fourth-order valence-corrected chi connectivity index (χ4v) is 5.85. The van der Waals surface area contributed by atoms with Gasteiger partial charge in [-0.3, -0.25) is 9.67 Å². The van der Waals surface area contributed by atoms with Crippen molar-refractivity contribution in [3.8, 4) is 17.0 Å². The van der Waals surface area contributed by atoms with E-state index in [0.717, 1.165) is 35.5 Å². The molecule has 1 aliphatic heterocycles. The van der Waals surface area contributed by atoms with Crippen molar-refractivity contribution in [1.29, 1.82) is 0 Å². The highest BCUT2D eigenvalue weighted by Crippen LogP contribution is 2.31. The zero-order valence-corrected chi connectivity index (χ0v) is 19.0. The van der Waals surface area contributed by atoms with Gasteiger partial charge in [-0.05, 0) is 51.0 Å². The number of aryl methyl sites for hydroxylation is 1. The maximum Gasteiger partial charge on any atom is 0.246 e. The van der Waals surface area contributed by atoms with E-state index in [1.165, 1.54) is 6.20 Å². The molecule has 8 heteroatoms. The monoisotopic (exact) mass is 440 g/mol. The van der Waals surface area contributed by atoms with Crippen molar-refractivity contribution in [2.24, 2.45) is 0 Å². The van der Waals surface area contributed by atoms with Gasteiger partial charge in [-0.2, -0.15) is 9.40 Å². The molecule has 0 spiro atoms. The molecule has 0 aliphatic carbocycles. The van der Waals surface area contributed by atoms with Crippen LogP contribution in [0.4, 0.5) is 0 Å². The van der Waals surface area contributed by atoms with Gasteiger partial charge in [-0.1, -0.05) is 18.2 Å². The highest BCUT2D eigenvalue weighted by atomic mass is 32.2. The summed E-state index contributed by atoms with van der Waals surface area (Å²) in [4.78, 5) is 5.17. The lowest BCUT2D eigenvalue weighted by atomic mass is 9.95. The van der Waals surface area contributed by atoms with Crippen LogP contribution in [0.5, 0.6) is 5.75 Å². The van der Waals surface area contributed by atoms with E-state index in [1.54, 1.807) is 16.1 Å². The summed E-state index contributed by atoms with van der Waals surface area (Å²) in [7, 11) is -1.94. The fourth-order valence-electron chi connectivity index (χ4n) is 4.16. The Balaban J connectivity index is 1.59. The Bertz CT molecular complexity index is 1170. The van der Waals surface area contributed by atoms with Crippen molar-refractivity contribution in [3.05, 3.63) is 60.0 Å². The minimum atomic E-state index is -3.59. The predicted octanol–water partition coefficient (Wildman–Crippen LogP) is 3.85. The maximum atomic E-state index is 13.3. The van der Waals surface area contributed by atoms with Crippen LogP contribution in [0.15, 0.2) is 53.6 Å². The SMILES string of the molecule is CCn1ncc(S(=O)(=O)N2CCC[C@@H](c3cccc(-c4cccc(OC)c4)n3)C2)c1C.